The Morgan fingerprint density at radius 1 is 0.361 bits per heavy atom. The van der Waals surface area contributed by atoms with E-state index in [9.17, 15) is 92.2 Å². The van der Waals surface area contributed by atoms with Crippen LogP contribution in [0.25, 0.3) is 0 Å². The van der Waals surface area contributed by atoms with E-state index in [1.807, 2.05) is 0 Å². The molecule has 0 unspecified atom stereocenters. The second-order valence-corrected chi connectivity index (χ2v) is 6.50. The summed E-state index contributed by atoms with van der Waals surface area (Å²) in [5.74, 6) is -78.6. The molecule has 0 heterocycles. The van der Waals surface area contributed by atoms with Gasteiger partial charge >= 0.3 is 47.6 Å². The van der Waals surface area contributed by atoms with Crippen LogP contribution in [0.3, 0.4) is 0 Å². The molecule has 0 fully saturated rings. The smallest absolute Gasteiger partial charge is 0.460 e. The van der Waals surface area contributed by atoms with Crippen LogP contribution in [0, 0.1) is 23.3 Å². The molecule has 1 aromatic rings. The Labute approximate surface area is 181 Å². The maximum absolute atomic E-state index is 13.9. The van der Waals surface area contributed by atoms with Crippen LogP contribution in [-0.4, -0.2) is 46.8 Å². The zero-order chi connectivity index (χ0) is 29.5. The van der Waals surface area contributed by atoms with E-state index in [4.69, 9.17) is 5.11 Å². The van der Waals surface area contributed by atoms with Crippen molar-refractivity contribution in [2.75, 3.05) is 0 Å². The van der Waals surface area contributed by atoms with Gasteiger partial charge in [0.15, 0.2) is 17.4 Å². The van der Waals surface area contributed by atoms with Crippen LogP contribution in [0.4, 0.5) is 92.2 Å². The van der Waals surface area contributed by atoms with Crippen molar-refractivity contribution in [1.82, 2.24) is 0 Å². The molecule has 0 aromatic heterocycles. The van der Waals surface area contributed by atoms with Crippen molar-refractivity contribution in [3.63, 3.8) is 0 Å². The summed E-state index contributed by atoms with van der Waals surface area (Å²) in [5, 5.41) is 8.78. The third-order valence-electron chi connectivity index (χ3n) is 4.28. The third-order valence-corrected chi connectivity index (χ3v) is 4.28. The molecule has 0 amide bonds. The van der Waals surface area contributed by atoms with Crippen molar-refractivity contribution in [2.24, 2.45) is 0 Å². The number of aromatic hydroxyl groups is 1. The third kappa shape index (κ3) is 3.59. The Morgan fingerprint density at radius 2 is 0.639 bits per heavy atom. The van der Waals surface area contributed by atoms with Gasteiger partial charge in [-0.3, -0.25) is 0 Å². The summed E-state index contributed by atoms with van der Waals surface area (Å²) in [5.41, 5.74) is -4.20. The highest BCUT2D eigenvalue weighted by Crippen LogP contribution is 2.65. The van der Waals surface area contributed by atoms with Gasteiger partial charge in [0.25, 0.3) is 0 Å². The van der Waals surface area contributed by atoms with E-state index >= 15 is 0 Å². The highest BCUT2D eigenvalue weighted by molar-refractivity contribution is 5.42. The maximum atomic E-state index is 13.9. The number of halogens is 21. The van der Waals surface area contributed by atoms with Crippen molar-refractivity contribution in [3.8, 4) is 5.75 Å². The number of phenolic OH excluding ortho intramolecular Hbond substituents is 1. The maximum Gasteiger partial charge on any atom is 0.460 e. The Hall–Kier alpha value is -2.45. The van der Waals surface area contributed by atoms with Crippen LogP contribution in [0.2, 0.25) is 0 Å². The lowest BCUT2D eigenvalue weighted by atomic mass is 9.86. The molecular weight excluding hydrogens is 583 g/mol. The van der Waals surface area contributed by atoms with E-state index in [0.717, 1.165) is 0 Å². The lowest BCUT2D eigenvalue weighted by Gasteiger charge is -2.42. The summed E-state index contributed by atoms with van der Waals surface area (Å²) in [6, 6.07) is 0. The first-order valence-corrected chi connectivity index (χ1v) is 7.69. The summed E-state index contributed by atoms with van der Waals surface area (Å²) >= 11 is 0. The molecule has 0 spiro atoms. The van der Waals surface area contributed by atoms with Gasteiger partial charge in [0.1, 0.15) is 5.56 Å². The molecule has 0 saturated carbocycles. The van der Waals surface area contributed by atoms with Crippen LogP contribution in [0.1, 0.15) is 5.56 Å². The number of hydrogen-bond donors (Lipinski definition) is 1. The van der Waals surface area contributed by atoms with E-state index in [0.29, 0.717) is 0 Å². The predicted octanol–water partition coefficient (Wildman–Crippen LogP) is 7.41. The second kappa shape index (κ2) is 8.02. The first kappa shape index (κ1) is 31.6. The Morgan fingerprint density at radius 3 is 0.972 bits per heavy atom. The van der Waals surface area contributed by atoms with E-state index < -0.39 is 82.2 Å². The SMILES string of the molecule is Oc1c(F)c(F)c(F)c(F)c1C(F)(F)C(F)(F)C(F)(F)C(F)(F)C(F)(F)C(F)(F)C(F)(F)C(F)(F)F. The average molecular weight is 584 g/mol. The van der Waals surface area contributed by atoms with E-state index in [2.05, 4.69) is 0 Å². The number of phenols is 1. The highest BCUT2D eigenvalue weighted by Gasteiger charge is 2.95. The number of benzene rings is 1. The number of hydrogen-bond acceptors (Lipinski definition) is 1. The highest BCUT2D eigenvalue weighted by atomic mass is 19.4. The molecule has 1 nitrogen and oxygen atoms in total. The van der Waals surface area contributed by atoms with Gasteiger partial charge < -0.3 is 5.11 Å². The second-order valence-electron chi connectivity index (χ2n) is 6.50. The first-order chi connectivity index (χ1) is 15.4. The Kier molecular flexibility index (Phi) is 7.04. The Balaban J connectivity index is 3.94. The molecule has 0 radical (unpaired) electrons. The van der Waals surface area contributed by atoms with Gasteiger partial charge in [-0.15, -0.1) is 0 Å². The van der Waals surface area contributed by atoms with Gasteiger partial charge in [0, 0.05) is 0 Å². The molecule has 1 aromatic carbocycles. The topological polar surface area (TPSA) is 20.2 Å². The molecule has 0 bridgehead atoms. The number of alkyl halides is 17. The van der Waals surface area contributed by atoms with Gasteiger partial charge in [0.2, 0.25) is 11.6 Å². The minimum absolute atomic E-state index is 3.33. The molecule has 1 rings (SSSR count). The van der Waals surface area contributed by atoms with Crippen molar-refractivity contribution < 1.29 is 97.3 Å². The minimum Gasteiger partial charge on any atom is -0.504 e. The van der Waals surface area contributed by atoms with E-state index in [1.54, 1.807) is 0 Å². The molecule has 22 heteroatoms. The summed E-state index contributed by atoms with van der Waals surface area (Å²) in [6.07, 6.45) is -7.98. The fraction of sp³-hybridized carbons (Fsp3) is 0.571. The molecule has 1 N–H and O–H groups in total. The zero-order valence-corrected chi connectivity index (χ0v) is 15.4. The van der Waals surface area contributed by atoms with Gasteiger partial charge in [-0.1, -0.05) is 0 Å². The molecule has 210 valence electrons. The standard InChI is InChI=1S/C14HF21O/c15-2-1(6(36)5(18)4(17)3(2)16)7(19,20)8(21,22)9(23,24)10(25,26)11(27,28)12(29,30)13(31,32)14(33,34)35/h36H. The van der Waals surface area contributed by atoms with Crippen LogP contribution in [0.15, 0.2) is 0 Å². The van der Waals surface area contributed by atoms with Gasteiger partial charge in [-0.05, 0) is 0 Å². The zero-order valence-electron chi connectivity index (χ0n) is 15.4. The van der Waals surface area contributed by atoms with Crippen LogP contribution >= 0.6 is 0 Å². The Bertz CT molecular complexity index is 989. The van der Waals surface area contributed by atoms with Crippen LogP contribution in [-0.2, 0) is 5.92 Å². The van der Waals surface area contributed by atoms with Crippen molar-refractivity contribution in [1.29, 1.82) is 0 Å². The lowest BCUT2D eigenvalue weighted by molar-refractivity contribution is -0.462. The summed E-state index contributed by atoms with van der Waals surface area (Å²) < 4.78 is 276. The molecule has 0 aliphatic carbocycles. The summed E-state index contributed by atoms with van der Waals surface area (Å²) in [6.45, 7) is 0. The van der Waals surface area contributed by atoms with Gasteiger partial charge in [0.05, 0.1) is 0 Å². The molecule has 0 saturated heterocycles. The molecule has 0 aliphatic heterocycles. The molecule has 0 aliphatic rings. The quantitative estimate of drug-likeness (QED) is 0.201. The predicted molar refractivity (Wildman–Crippen MR) is 67.6 cm³/mol. The van der Waals surface area contributed by atoms with Gasteiger partial charge in [-0.25, -0.2) is 13.2 Å². The van der Waals surface area contributed by atoms with Crippen LogP contribution < -0.4 is 0 Å². The molecule has 0 atom stereocenters. The van der Waals surface area contributed by atoms with Crippen molar-refractivity contribution >= 4 is 0 Å². The fourth-order valence-corrected chi connectivity index (χ4v) is 2.23. The molecule has 36 heavy (non-hydrogen) atoms. The van der Waals surface area contributed by atoms with Gasteiger partial charge in [-0.2, -0.15) is 79.0 Å². The van der Waals surface area contributed by atoms with Crippen molar-refractivity contribution in [2.45, 2.75) is 47.6 Å². The van der Waals surface area contributed by atoms with E-state index in [-0.39, 0.29) is 0 Å². The monoisotopic (exact) mass is 584 g/mol. The van der Waals surface area contributed by atoms with Crippen LogP contribution in [0.5, 0.6) is 5.75 Å². The summed E-state index contributed by atoms with van der Waals surface area (Å²) in [4.78, 5) is 0. The normalized spacial score (nSPS) is 15.5. The van der Waals surface area contributed by atoms with Crippen molar-refractivity contribution in [3.05, 3.63) is 28.8 Å². The lowest BCUT2D eigenvalue weighted by Crippen LogP contribution is -2.74. The number of rotatable bonds is 7. The minimum atomic E-state index is -9.05. The first-order valence-electron chi connectivity index (χ1n) is 7.69. The largest absolute Gasteiger partial charge is 0.504 e. The summed E-state index contributed by atoms with van der Waals surface area (Å²) in [7, 11) is 0. The van der Waals surface area contributed by atoms with E-state index in [1.165, 1.54) is 0 Å². The molecular formula is C14HF21O. The average Bonchev–Trinajstić information content (AvgIpc) is 2.68. The fourth-order valence-electron chi connectivity index (χ4n) is 2.23.